The van der Waals surface area contributed by atoms with Crippen molar-refractivity contribution in [3.8, 4) is 0 Å². The molecule has 0 unspecified atom stereocenters. The fourth-order valence-electron chi connectivity index (χ4n) is 2.01. The van der Waals surface area contributed by atoms with Crippen molar-refractivity contribution < 1.29 is 22.8 Å². The van der Waals surface area contributed by atoms with E-state index in [0.29, 0.717) is 10.6 Å². The number of hydrogen-bond donors (Lipinski definition) is 1. The first kappa shape index (κ1) is 20.6. The molecule has 0 heterocycles. The van der Waals surface area contributed by atoms with E-state index in [-0.39, 0.29) is 10.8 Å². The van der Waals surface area contributed by atoms with Gasteiger partial charge in [-0.05, 0) is 47.7 Å². The zero-order chi connectivity index (χ0) is 20.0. The van der Waals surface area contributed by atoms with Gasteiger partial charge in [0.15, 0.2) is 0 Å². The van der Waals surface area contributed by atoms with Crippen LogP contribution in [0.25, 0.3) is 6.08 Å². The molecule has 0 bridgehead atoms. The number of anilines is 1. The van der Waals surface area contributed by atoms with Gasteiger partial charge in [0.1, 0.15) is 0 Å². The minimum absolute atomic E-state index is 0.198. The Morgan fingerprint density at radius 1 is 1.07 bits per heavy atom. The minimum atomic E-state index is -4.44. The molecule has 27 heavy (non-hydrogen) atoms. The molecule has 0 fully saturated rings. The number of amides is 2. The molecule has 2 aromatic carbocycles. The lowest BCUT2D eigenvalue weighted by molar-refractivity contribution is -0.137. The van der Waals surface area contributed by atoms with Crippen molar-refractivity contribution in [2.75, 3.05) is 19.4 Å². The summed E-state index contributed by atoms with van der Waals surface area (Å²) in [5.74, 6) is -0.516. The van der Waals surface area contributed by atoms with E-state index in [2.05, 4.69) is 5.32 Å². The highest BCUT2D eigenvalue weighted by Gasteiger charge is 2.30. The lowest BCUT2D eigenvalue weighted by Gasteiger charge is -2.12. The number of benzene rings is 2. The third kappa shape index (κ3) is 6.18. The lowest BCUT2D eigenvalue weighted by Crippen LogP contribution is -2.16. The predicted molar refractivity (Wildman–Crippen MR) is 100 cm³/mol. The van der Waals surface area contributed by atoms with Crippen LogP contribution < -0.4 is 5.32 Å². The molecular weight excluding hydrogens is 377 g/mol. The second-order valence-electron chi connectivity index (χ2n) is 5.70. The average molecular weight is 394 g/mol. The Morgan fingerprint density at radius 2 is 1.78 bits per heavy atom. The second kappa shape index (κ2) is 8.77. The van der Waals surface area contributed by atoms with E-state index in [9.17, 15) is 22.8 Å². The quantitative estimate of drug-likeness (QED) is 0.578. The Labute approximate surface area is 159 Å². The van der Waals surface area contributed by atoms with Crippen LogP contribution >= 0.6 is 11.8 Å². The number of para-hydroxylation sites is 1. The maximum Gasteiger partial charge on any atom is 0.416 e. The molecule has 1 N–H and O–H groups in total. The molecule has 2 aromatic rings. The molecule has 0 aliphatic heterocycles. The van der Waals surface area contributed by atoms with E-state index < -0.39 is 17.6 Å². The smallest absolute Gasteiger partial charge is 0.339 e. The molecule has 0 aromatic heterocycles. The molecule has 0 radical (unpaired) electrons. The summed E-state index contributed by atoms with van der Waals surface area (Å²) >= 11 is 0.963. The second-order valence-corrected chi connectivity index (χ2v) is 6.70. The maximum absolute atomic E-state index is 12.7. The number of halogens is 3. The van der Waals surface area contributed by atoms with Crippen molar-refractivity contribution >= 4 is 34.7 Å². The van der Waals surface area contributed by atoms with Gasteiger partial charge in [-0.25, -0.2) is 0 Å². The van der Waals surface area contributed by atoms with Gasteiger partial charge in [-0.15, -0.1) is 0 Å². The van der Waals surface area contributed by atoms with Crippen molar-refractivity contribution in [1.29, 1.82) is 0 Å². The Kier molecular flexibility index (Phi) is 6.68. The average Bonchev–Trinajstić information content (AvgIpc) is 2.61. The topological polar surface area (TPSA) is 49.4 Å². The van der Waals surface area contributed by atoms with Crippen LogP contribution in [0, 0.1) is 0 Å². The van der Waals surface area contributed by atoms with Gasteiger partial charge in [-0.1, -0.05) is 24.3 Å². The van der Waals surface area contributed by atoms with Crippen LogP contribution in [0.5, 0.6) is 0 Å². The molecule has 0 aliphatic carbocycles. The fraction of sp³-hybridized carbons (Fsp3) is 0.158. The number of thioether (sulfide) groups is 1. The zero-order valence-electron chi connectivity index (χ0n) is 14.6. The number of carbonyl (C=O) groups excluding carboxylic acids is 2. The van der Waals surface area contributed by atoms with Crippen molar-refractivity contribution in [3.05, 3.63) is 65.7 Å². The van der Waals surface area contributed by atoms with Gasteiger partial charge < -0.3 is 10.2 Å². The molecule has 0 saturated heterocycles. The third-order valence-electron chi connectivity index (χ3n) is 3.35. The van der Waals surface area contributed by atoms with Crippen LogP contribution in [0.4, 0.5) is 23.7 Å². The Balaban J connectivity index is 2.10. The number of rotatable bonds is 4. The molecule has 2 rings (SSSR count). The van der Waals surface area contributed by atoms with E-state index in [1.54, 1.807) is 38.4 Å². The van der Waals surface area contributed by atoms with Gasteiger partial charge in [-0.3, -0.25) is 9.59 Å². The number of nitrogens with one attached hydrogen (secondary N) is 1. The molecule has 142 valence electrons. The van der Waals surface area contributed by atoms with E-state index >= 15 is 0 Å². The first-order valence-corrected chi connectivity index (χ1v) is 8.63. The fourth-order valence-corrected chi connectivity index (χ4v) is 2.76. The van der Waals surface area contributed by atoms with E-state index in [4.69, 9.17) is 0 Å². The van der Waals surface area contributed by atoms with Crippen molar-refractivity contribution in [2.45, 2.75) is 11.1 Å². The Bertz CT molecular complexity index is 864. The molecule has 8 heteroatoms. The van der Waals surface area contributed by atoms with Gasteiger partial charge in [-0.2, -0.15) is 13.2 Å². The van der Waals surface area contributed by atoms with Crippen LogP contribution in [0.1, 0.15) is 11.1 Å². The Hall–Kier alpha value is -2.74. The highest BCUT2D eigenvalue weighted by Crippen LogP contribution is 2.30. The van der Waals surface area contributed by atoms with Crippen molar-refractivity contribution in [3.63, 3.8) is 0 Å². The zero-order valence-corrected chi connectivity index (χ0v) is 15.4. The lowest BCUT2D eigenvalue weighted by atomic mass is 10.1. The van der Waals surface area contributed by atoms with Gasteiger partial charge in [0.05, 0.1) is 11.3 Å². The highest BCUT2D eigenvalue weighted by atomic mass is 32.2. The molecule has 0 atom stereocenters. The van der Waals surface area contributed by atoms with Gasteiger partial charge in [0.2, 0.25) is 5.91 Å². The summed E-state index contributed by atoms with van der Waals surface area (Å²) in [6.07, 6.45) is -2.00. The van der Waals surface area contributed by atoms with E-state index in [1.807, 2.05) is 0 Å². The first-order valence-electron chi connectivity index (χ1n) is 7.81. The van der Waals surface area contributed by atoms with Crippen molar-refractivity contribution in [2.24, 2.45) is 0 Å². The van der Waals surface area contributed by atoms with Gasteiger partial charge in [0.25, 0.3) is 5.24 Å². The van der Waals surface area contributed by atoms with Crippen molar-refractivity contribution in [1.82, 2.24) is 4.90 Å². The molecule has 0 aliphatic rings. The third-order valence-corrected chi connectivity index (χ3v) is 4.46. The summed E-state index contributed by atoms with van der Waals surface area (Å²) in [5.41, 5.74) is -0.0872. The largest absolute Gasteiger partial charge is 0.416 e. The summed E-state index contributed by atoms with van der Waals surface area (Å²) in [7, 11) is 3.24. The highest BCUT2D eigenvalue weighted by molar-refractivity contribution is 8.13. The van der Waals surface area contributed by atoms with E-state index in [0.717, 1.165) is 30.0 Å². The van der Waals surface area contributed by atoms with Crippen LogP contribution in [0.3, 0.4) is 0 Å². The monoisotopic (exact) mass is 394 g/mol. The Morgan fingerprint density at radius 3 is 2.44 bits per heavy atom. The molecule has 0 spiro atoms. The summed E-state index contributed by atoms with van der Waals surface area (Å²) in [6.45, 7) is 0. The van der Waals surface area contributed by atoms with Gasteiger partial charge >= 0.3 is 6.18 Å². The number of hydrogen-bond acceptors (Lipinski definition) is 3. The summed E-state index contributed by atoms with van der Waals surface area (Å²) in [4.78, 5) is 25.9. The van der Waals surface area contributed by atoms with Gasteiger partial charge in [0, 0.05) is 25.1 Å². The standard InChI is InChI=1S/C19H17F3N2O2S/c1-24(2)18(26)27-16-9-4-3-8-15(16)23-17(25)11-10-13-6-5-7-14(12-13)19(20,21)22/h3-12H,1-2H3,(H,23,25)/b11-10+. The summed E-state index contributed by atoms with van der Waals surface area (Å²) in [5, 5.41) is 2.43. The molecule has 4 nitrogen and oxygen atoms in total. The first-order chi connectivity index (χ1) is 12.7. The normalized spacial score (nSPS) is 11.4. The summed E-state index contributed by atoms with van der Waals surface area (Å²) < 4.78 is 38.2. The SMILES string of the molecule is CN(C)C(=O)Sc1ccccc1NC(=O)/C=C/c1cccc(C(F)(F)F)c1. The minimum Gasteiger partial charge on any atom is -0.339 e. The maximum atomic E-state index is 12.7. The molecule has 0 saturated carbocycles. The van der Waals surface area contributed by atoms with Crippen LogP contribution in [-0.2, 0) is 11.0 Å². The number of alkyl halides is 3. The predicted octanol–water partition coefficient (Wildman–Crippen LogP) is 5.13. The number of carbonyl (C=O) groups is 2. The number of nitrogens with zero attached hydrogens (tertiary/aromatic N) is 1. The van der Waals surface area contributed by atoms with Crippen LogP contribution in [0.15, 0.2) is 59.5 Å². The van der Waals surface area contributed by atoms with E-state index in [1.165, 1.54) is 23.1 Å². The molecule has 2 amide bonds. The van der Waals surface area contributed by atoms with Crippen LogP contribution in [-0.4, -0.2) is 30.1 Å². The molecular formula is C19H17F3N2O2S. The van der Waals surface area contributed by atoms with Crippen LogP contribution in [0.2, 0.25) is 0 Å². The summed E-state index contributed by atoms with van der Waals surface area (Å²) in [6, 6.07) is 11.4.